The van der Waals surface area contributed by atoms with Gasteiger partial charge in [0, 0.05) is 5.56 Å². The molecule has 7 nitrogen and oxygen atoms in total. The molecule has 4 atom stereocenters. The molecule has 0 heterocycles. The molecule has 0 unspecified atom stereocenters. The first-order chi connectivity index (χ1) is 9.43. The maximum atomic E-state index is 11.6. The lowest BCUT2D eigenvalue weighted by Gasteiger charge is -2.22. The van der Waals surface area contributed by atoms with Crippen LogP contribution in [0.3, 0.4) is 0 Å². The number of rotatable bonds is 6. The van der Waals surface area contributed by atoms with Crippen LogP contribution < -0.4 is 5.43 Å². The van der Waals surface area contributed by atoms with Crippen molar-refractivity contribution in [3.8, 4) is 0 Å². The number of hydrogen-bond donors (Lipinski definition) is 5. The van der Waals surface area contributed by atoms with Gasteiger partial charge in [0.15, 0.2) is 0 Å². The maximum Gasteiger partial charge on any atom is 0.271 e. The van der Waals surface area contributed by atoms with Crippen molar-refractivity contribution >= 4 is 12.1 Å². The minimum Gasteiger partial charge on any atom is -0.391 e. The summed E-state index contributed by atoms with van der Waals surface area (Å²) in [5, 5.41) is 40.9. The second-order valence-electron chi connectivity index (χ2n) is 4.30. The Bertz CT molecular complexity index is 449. The summed E-state index contributed by atoms with van der Waals surface area (Å²) < 4.78 is 0. The van der Waals surface area contributed by atoms with Gasteiger partial charge in [0.05, 0.1) is 12.3 Å². The van der Waals surface area contributed by atoms with E-state index in [0.717, 1.165) is 6.21 Å². The van der Waals surface area contributed by atoms with E-state index in [9.17, 15) is 20.1 Å². The number of amides is 1. The number of benzene rings is 1. The third-order valence-corrected chi connectivity index (χ3v) is 2.62. The Kier molecular flexibility index (Phi) is 6.26. The second-order valence-corrected chi connectivity index (χ2v) is 4.30. The van der Waals surface area contributed by atoms with Crippen LogP contribution in [0, 0.1) is 0 Å². The molecule has 20 heavy (non-hydrogen) atoms. The molecule has 7 heteroatoms. The summed E-state index contributed by atoms with van der Waals surface area (Å²) in [6.45, 7) is 1.27. The summed E-state index contributed by atoms with van der Waals surface area (Å²) in [6.07, 6.45) is -4.96. The lowest BCUT2D eigenvalue weighted by Crippen LogP contribution is -2.44. The Balaban J connectivity index is 2.50. The summed E-state index contributed by atoms with van der Waals surface area (Å²) >= 11 is 0. The Morgan fingerprint density at radius 3 is 2.30 bits per heavy atom. The van der Waals surface area contributed by atoms with Crippen LogP contribution >= 0.6 is 0 Å². The van der Waals surface area contributed by atoms with Crippen LogP contribution in [-0.2, 0) is 0 Å². The van der Waals surface area contributed by atoms with Crippen molar-refractivity contribution < 1.29 is 25.2 Å². The molecule has 1 rings (SSSR count). The molecule has 0 fully saturated rings. The highest BCUT2D eigenvalue weighted by atomic mass is 16.4. The molecule has 5 N–H and O–H groups in total. The topological polar surface area (TPSA) is 122 Å². The van der Waals surface area contributed by atoms with E-state index in [1.165, 1.54) is 6.92 Å². The number of hydrazone groups is 1. The minimum atomic E-state index is -1.60. The Labute approximate surface area is 116 Å². The molecular weight excluding hydrogens is 264 g/mol. The van der Waals surface area contributed by atoms with Gasteiger partial charge in [-0.3, -0.25) is 4.79 Å². The van der Waals surface area contributed by atoms with Crippen LogP contribution in [0.4, 0.5) is 0 Å². The summed E-state index contributed by atoms with van der Waals surface area (Å²) in [7, 11) is 0. The van der Waals surface area contributed by atoms with Crippen molar-refractivity contribution in [2.24, 2.45) is 5.10 Å². The summed E-state index contributed by atoms with van der Waals surface area (Å²) in [5.74, 6) is -0.473. The molecule has 0 bridgehead atoms. The van der Waals surface area contributed by atoms with Crippen molar-refractivity contribution in [3.63, 3.8) is 0 Å². The average Bonchev–Trinajstić information content (AvgIpc) is 2.46. The number of nitrogens with zero attached hydrogens (tertiary/aromatic N) is 1. The Morgan fingerprint density at radius 2 is 1.75 bits per heavy atom. The molecule has 0 aliphatic rings. The van der Waals surface area contributed by atoms with Gasteiger partial charge in [-0.25, -0.2) is 5.43 Å². The van der Waals surface area contributed by atoms with Crippen LogP contribution in [0.25, 0.3) is 0 Å². The average molecular weight is 282 g/mol. The van der Waals surface area contributed by atoms with Gasteiger partial charge in [-0.05, 0) is 19.1 Å². The van der Waals surface area contributed by atoms with Crippen LogP contribution in [0.2, 0.25) is 0 Å². The van der Waals surface area contributed by atoms with Gasteiger partial charge in [0.1, 0.15) is 18.3 Å². The molecule has 1 amide bonds. The van der Waals surface area contributed by atoms with Crippen molar-refractivity contribution in [1.29, 1.82) is 0 Å². The zero-order valence-corrected chi connectivity index (χ0v) is 10.9. The molecule has 0 aromatic heterocycles. The van der Waals surface area contributed by atoms with E-state index in [4.69, 9.17) is 5.11 Å². The summed E-state index contributed by atoms with van der Waals surface area (Å²) in [4.78, 5) is 11.6. The molecule has 0 spiro atoms. The van der Waals surface area contributed by atoms with Crippen LogP contribution in [0.5, 0.6) is 0 Å². The van der Waals surface area contributed by atoms with E-state index >= 15 is 0 Å². The first-order valence-electron chi connectivity index (χ1n) is 6.04. The first-order valence-corrected chi connectivity index (χ1v) is 6.04. The number of aliphatic hydroxyl groups excluding tert-OH is 4. The molecule has 0 saturated carbocycles. The van der Waals surface area contributed by atoms with Crippen molar-refractivity contribution in [1.82, 2.24) is 5.43 Å². The number of carbonyl (C=O) groups is 1. The molecule has 0 aliphatic carbocycles. The lowest BCUT2D eigenvalue weighted by atomic mass is 10.1. The standard InChI is InChI=1S/C13H18N2O5/c1-8(16)11(18)12(19)10(17)7-14-15-13(20)9-5-3-2-4-6-9/h2-8,10-12,16-19H,1H3,(H,15,20)/b14-7-/t8-,10-,11-,12-/m0/s1. The highest BCUT2D eigenvalue weighted by Crippen LogP contribution is 2.03. The van der Waals surface area contributed by atoms with Gasteiger partial charge in [-0.15, -0.1) is 0 Å². The number of nitrogens with one attached hydrogen (secondary N) is 1. The highest BCUT2D eigenvalue weighted by Gasteiger charge is 2.26. The fraction of sp³-hybridized carbons (Fsp3) is 0.385. The predicted molar refractivity (Wildman–Crippen MR) is 72.1 cm³/mol. The molecule has 110 valence electrons. The summed E-state index contributed by atoms with van der Waals surface area (Å²) in [6, 6.07) is 8.32. The smallest absolute Gasteiger partial charge is 0.271 e. The molecule has 0 radical (unpaired) electrons. The van der Waals surface area contributed by atoms with Gasteiger partial charge in [0.2, 0.25) is 0 Å². The molecule has 0 saturated heterocycles. The fourth-order valence-electron chi connectivity index (χ4n) is 1.40. The summed E-state index contributed by atoms with van der Waals surface area (Å²) in [5.41, 5.74) is 2.56. The molecule has 1 aromatic carbocycles. The van der Waals surface area contributed by atoms with E-state index in [-0.39, 0.29) is 0 Å². The molecular formula is C13H18N2O5. The van der Waals surface area contributed by atoms with Crippen molar-refractivity contribution in [2.75, 3.05) is 0 Å². The lowest BCUT2D eigenvalue weighted by molar-refractivity contribution is -0.0821. The van der Waals surface area contributed by atoms with Gasteiger partial charge >= 0.3 is 0 Å². The zero-order chi connectivity index (χ0) is 15.1. The molecule has 0 aliphatic heterocycles. The monoisotopic (exact) mass is 282 g/mol. The van der Waals surface area contributed by atoms with E-state index in [0.29, 0.717) is 5.56 Å². The van der Waals surface area contributed by atoms with E-state index in [1.807, 2.05) is 0 Å². The fourth-order valence-corrected chi connectivity index (χ4v) is 1.40. The quantitative estimate of drug-likeness (QED) is 0.334. The van der Waals surface area contributed by atoms with Gasteiger partial charge in [-0.2, -0.15) is 5.10 Å². The number of hydrogen-bond acceptors (Lipinski definition) is 6. The van der Waals surface area contributed by atoms with Gasteiger partial charge in [-0.1, -0.05) is 18.2 Å². The minimum absolute atomic E-state index is 0.392. The number of aliphatic hydroxyl groups is 4. The van der Waals surface area contributed by atoms with Crippen LogP contribution in [-0.4, -0.2) is 57.0 Å². The van der Waals surface area contributed by atoms with Crippen molar-refractivity contribution in [3.05, 3.63) is 35.9 Å². The van der Waals surface area contributed by atoms with Crippen molar-refractivity contribution in [2.45, 2.75) is 31.3 Å². The largest absolute Gasteiger partial charge is 0.391 e. The van der Waals surface area contributed by atoms with E-state index in [2.05, 4.69) is 10.5 Å². The van der Waals surface area contributed by atoms with Crippen LogP contribution in [0.1, 0.15) is 17.3 Å². The van der Waals surface area contributed by atoms with Gasteiger partial charge < -0.3 is 20.4 Å². The second kappa shape index (κ2) is 7.71. The SMILES string of the molecule is C[C@H](O)[C@H](O)[C@@H](O)[C@@H](O)/C=N\NC(=O)c1ccccc1. The van der Waals surface area contributed by atoms with Crippen LogP contribution in [0.15, 0.2) is 35.4 Å². The normalized spacial score (nSPS) is 17.4. The Morgan fingerprint density at radius 1 is 1.15 bits per heavy atom. The first kappa shape index (κ1) is 16.3. The van der Waals surface area contributed by atoms with E-state index in [1.54, 1.807) is 30.3 Å². The highest BCUT2D eigenvalue weighted by molar-refractivity contribution is 5.94. The van der Waals surface area contributed by atoms with E-state index < -0.39 is 30.3 Å². The third-order valence-electron chi connectivity index (χ3n) is 2.62. The van der Waals surface area contributed by atoms with Gasteiger partial charge in [0.25, 0.3) is 5.91 Å². The predicted octanol–water partition coefficient (Wildman–Crippen LogP) is -1.13. The zero-order valence-electron chi connectivity index (χ0n) is 10.9. The molecule has 1 aromatic rings. The maximum absolute atomic E-state index is 11.6. The number of carbonyl (C=O) groups excluding carboxylic acids is 1. The third kappa shape index (κ3) is 4.71. The Hall–Kier alpha value is -1.80.